The number of aromatic amines is 1. The zero-order valence-corrected chi connectivity index (χ0v) is 15.9. The molecule has 28 heavy (non-hydrogen) atoms. The minimum Gasteiger partial charge on any atom is -0.361 e. The number of nitriles is 1. The molecular formula is C22H21N5O. The fourth-order valence-corrected chi connectivity index (χ4v) is 3.68. The van der Waals surface area contributed by atoms with E-state index in [1.807, 2.05) is 23.2 Å². The molecule has 0 saturated heterocycles. The maximum Gasteiger partial charge on any atom is 0.219 e. The molecule has 6 nitrogen and oxygen atoms in total. The molecular weight excluding hydrogens is 350 g/mol. The van der Waals surface area contributed by atoms with Crippen molar-refractivity contribution in [2.24, 2.45) is 0 Å². The molecule has 0 saturated carbocycles. The summed E-state index contributed by atoms with van der Waals surface area (Å²) < 4.78 is 0. The monoisotopic (exact) mass is 371 g/mol. The minimum atomic E-state index is 0.0768. The molecule has 1 amide bonds. The van der Waals surface area contributed by atoms with Crippen LogP contribution in [-0.4, -0.2) is 33.9 Å². The summed E-state index contributed by atoms with van der Waals surface area (Å²) in [5, 5.41) is 14.3. The molecule has 1 aliphatic heterocycles. The van der Waals surface area contributed by atoms with Gasteiger partial charge in [0, 0.05) is 60.8 Å². The van der Waals surface area contributed by atoms with Crippen LogP contribution >= 0.6 is 0 Å². The summed E-state index contributed by atoms with van der Waals surface area (Å²) in [6.45, 7) is 4.90. The van der Waals surface area contributed by atoms with Crippen molar-refractivity contribution in [3.05, 3.63) is 59.6 Å². The number of nitrogens with one attached hydrogen (secondary N) is 2. The highest BCUT2D eigenvalue weighted by Crippen LogP contribution is 2.34. The van der Waals surface area contributed by atoms with Crippen LogP contribution in [0.2, 0.25) is 0 Å². The van der Waals surface area contributed by atoms with E-state index >= 15 is 0 Å². The van der Waals surface area contributed by atoms with Crippen molar-refractivity contribution in [1.82, 2.24) is 14.9 Å². The summed E-state index contributed by atoms with van der Waals surface area (Å²) in [7, 11) is 0. The van der Waals surface area contributed by atoms with Crippen LogP contribution in [0.25, 0.3) is 16.5 Å². The van der Waals surface area contributed by atoms with Gasteiger partial charge >= 0.3 is 0 Å². The lowest BCUT2D eigenvalue weighted by molar-refractivity contribution is -0.128. The molecule has 0 unspecified atom stereocenters. The zero-order valence-electron chi connectivity index (χ0n) is 15.9. The number of H-pyrrole nitrogens is 1. The Hall–Kier alpha value is -3.59. The summed E-state index contributed by atoms with van der Waals surface area (Å²) >= 11 is 0. The summed E-state index contributed by atoms with van der Waals surface area (Å²) in [4.78, 5) is 20.9. The summed E-state index contributed by atoms with van der Waals surface area (Å²) in [5.74, 6) is 0.0768. The van der Waals surface area contributed by atoms with Crippen LogP contribution in [0, 0.1) is 18.3 Å². The van der Waals surface area contributed by atoms with Crippen LogP contribution in [0.15, 0.2) is 42.9 Å². The van der Waals surface area contributed by atoms with Crippen molar-refractivity contribution in [3.63, 3.8) is 0 Å². The summed E-state index contributed by atoms with van der Waals surface area (Å²) in [6, 6.07) is 8.35. The van der Waals surface area contributed by atoms with Crippen molar-refractivity contribution in [2.75, 3.05) is 18.4 Å². The van der Waals surface area contributed by atoms with E-state index in [0.717, 1.165) is 45.4 Å². The second-order valence-corrected chi connectivity index (χ2v) is 6.97. The van der Waals surface area contributed by atoms with Gasteiger partial charge in [-0.3, -0.25) is 9.78 Å². The number of hydrogen-bond donors (Lipinski definition) is 2. The molecule has 140 valence electrons. The van der Waals surface area contributed by atoms with Crippen molar-refractivity contribution >= 4 is 33.8 Å². The Morgan fingerprint density at radius 3 is 2.89 bits per heavy atom. The number of anilines is 2. The van der Waals surface area contributed by atoms with E-state index in [4.69, 9.17) is 0 Å². The minimum absolute atomic E-state index is 0.0768. The van der Waals surface area contributed by atoms with E-state index in [0.29, 0.717) is 18.7 Å². The molecule has 6 heteroatoms. The lowest BCUT2D eigenvalue weighted by atomic mass is 9.97. The van der Waals surface area contributed by atoms with Gasteiger partial charge in [-0.1, -0.05) is 6.08 Å². The van der Waals surface area contributed by atoms with Crippen LogP contribution in [-0.2, 0) is 4.79 Å². The largest absolute Gasteiger partial charge is 0.361 e. The number of aryl methyl sites for hydroxylation is 1. The molecule has 0 atom stereocenters. The van der Waals surface area contributed by atoms with Crippen LogP contribution in [0.1, 0.15) is 30.0 Å². The number of amides is 1. The third-order valence-electron chi connectivity index (χ3n) is 5.33. The SMILES string of the molecule is CC(=O)N1CC=C(c2cncc(C#N)c2Nc2ccc3[nH]ccc3c2C)CC1. The number of nitrogens with zero attached hydrogens (tertiary/aromatic N) is 3. The highest BCUT2D eigenvalue weighted by molar-refractivity contribution is 5.91. The molecule has 0 radical (unpaired) electrons. The third-order valence-corrected chi connectivity index (χ3v) is 5.33. The first-order chi connectivity index (χ1) is 13.6. The lowest BCUT2D eigenvalue weighted by Crippen LogP contribution is -2.32. The second-order valence-electron chi connectivity index (χ2n) is 6.97. The zero-order chi connectivity index (χ0) is 19.7. The number of hydrogen-bond acceptors (Lipinski definition) is 4. The van der Waals surface area contributed by atoms with Gasteiger partial charge in [-0.15, -0.1) is 0 Å². The Kier molecular flexibility index (Phi) is 4.58. The van der Waals surface area contributed by atoms with E-state index in [-0.39, 0.29) is 5.91 Å². The molecule has 0 bridgehead atoms. The van der Waals surface area contributed by atoms with E-state index in [1.165, 1.54) is 0 Å². The molecule has 2 N–H and O–H groups in total. The fraction of sp³-hybridized carbons (Fsp3) is 0.227. The Morgan fingerprint density at radius 1 is 1.32 bits per heavy atom. The number of benzene rings is 1. The molecule has 4 rings (SSSR count). The molecule has 3 aromatic rings. The fourth-order valence-electron chi connectivity index (χ4n) is 3.68. The predicted octanol–water partition coefficient (Wildman–Crippen LogP) is 4.12. The standard InChI is InChI=1S/C22H21N5O/c1-14-18-5-8-25-21(18)4-3-20(14)26-22-17(11-23)12-24-13-19(22)16-6-9-27(10-7-16)15(2)28/h3-6,8,12-13,25H,7,9-10H2,1-2H3,(H,24,26). The van der Waals surface area contributed by atoms with E-state index in [2.05, 4.69) is 40.4 Å². The van der Waals surface area contributed by atoms with Gasteiger partial charge in [0.1, 0.15) is 6.07 Å². The Labute approximate surface area is 163 Å². The molecule has 2 aromatic heterocycles. The summed E-state index contributed by atoms with van der Waals surface area (Å²) in [5.41, 5.74) is 6.43. The summed E-state index contributed by atoms with van der Waals surface area (Å²) in [6.07, 6.45) is 8.09. The average Bonchev–Trinajstić information content (AvgIpc) is 3.20. The van der Waals surface area contributed by atoms with Crippen molar-refractivity contribution in [2.45, 2.75) is 20.3 Å². The van der Waals surface area contributed by atoms with Gasteiger partial charge in [-0.2, -0.15) is 5.26 Å². The van der Waals surface area contributed by atoms with Crippen LogP contribution in [0.5, 0.6) is 0 Å². The molecule has 3 heterocycles. The normalized spacial score (nSPS) is 13.9. The quantitative estimate of drug-likeness (QED) is 0.725. The second kappa shape index (κ2) is 7.20. The van der Waals surface area contributed by atoms with Crippen LogP contribution in [0.4, 0.5) is 11.4 Å². The van der Waals surface area contributed by atoms with Crippen molar-refractivity contribution < 1.29 is 4.79 Å². The molecule has 1 aromatic carbocycles. The van der Waals surface area contributed by atoms with E-state index in [9.17, 15) is 10.1 Å². The highest BCUT2D eigenvalue weighted by Gasteiger charge is 2.19. The number of rotatable bonds is 3. The van der Waals surface area contributed by atoms with Crippen LogP contribution in [0.3, 0.4) is 0 Å². The van der Waals surface area contributed by atoms with Gasteiger partial charge in [0.05, 0.1) is 11.3 Å². The van der Waals surface area contributed by atoms with E-state index in [1.54, 1.807) is 19.3 Å². The average molecular weight is 371 g/mol. The number of aromatic nitrogens is 2. The molecule has 0 aliphatic carbocycles. The van der Waals surface area contributed by atoms with Gasteiger partial charge < -0.3 is 15.2 Å². The maximum atomic E-state index is 11.6. The number of carbonyl (C=O) groups is 1. The lowest BCUT2D eigenvalue weighted by Gasteiger charge is -2.26. The van der Waals surface area contributed by atoms with Crippen LogP contribution < -0.4 is 5.32 Å². The van der Waals surface area contributed by atoms with Gasteiger partial charge in [0.2, 0.25) is 5.91 Å². The van der Waals surface area contributed by atoms with Gasteiger partial charge in [-0.05, 0) is 42.7 Å². The smallest absolute Gasteiger partial charge is 0.219 e. The van der Waals surface area contributed by atoms with Gasteiger partial charge in [0.15, 0.2) is 0 Å². The highest BCUT2D eigenvalue weighted by atomic mass is 16.2. The molecule has 1 aliphatic rings. The first-order valence-corrected chi connectivity index (χ1v) is 9.25. The van der Waals surface area contributed by atoms with Crippen molar-refractivity contribution in [3.8, 4) is 6.07 Å². The van der Waals surface area contributed by atoms with E-state index < -0.39 is 0 Å². The Balaban J connectivity index is 1.75. The maximum absolute atomic E-state index is 11.6. The number of carbonyl (C=O) groups excluding carboxylic acids is 1. The Bertz CT molecular complexity index is 1140. The Morgan fingerprint density at radius 2 is 2.18 bits per heavy atom. The molecule has 0 spiro atoms. The number of pyridine rings is 1. The first kappa shape index (κ1) is 17.8. The van der Waals surface area contributed by atoms with Gasteiger partial charge in [0.25, 0.3) is 0 Å². The van der Waals surface area contributed by atoms with Gasteiger partial charge in [-0.25, -0.2) is 0 Å². The first-order valence-electron chi connectivity index (χ1n) is 9.25. The topological polar surface area (TPSA) is 84.8 Å². The number of fused-ring (bicyclic) bond motifs is 1. The third kappa shape index (κ3) is 3.12. The predicted molar refractivity (Wildman–Crippen MR) is 110 cm³/mol. The van der Waals surface area contributed by atoms with Crippen molar-refractivity contribution in [1.29, 1.82) is 5.26 Å². The molecule has 0 fully saturated rings.